The van der Waals surface area contributed by atoms with E-state index in [9.17, 15) is 8.42 Å². The molecule has 15 heavy (non-hydrogen) atoms. The number of piperidine rings is 1. The van der Waals surface area contributed by atoms with E-state index in [-0.39, 0.29) is 17.2 Å². The Hall–Kier alpha value is -0.0900. The van der Waals surface area contributed by atoms with E-state index in [1.807, 2.05) is 20.8 Å². The smallest absolute Gasteiger partial charge is 0.152 e. The molecule has 1 heterocycles. The molecule has 0 aromatic carbocycles. The van der Waals surface area contributed by atoms with E-state index in [2.05, 4.69) is 5.32 Å². The summed E-state index contributed by atoms with van der Waals surface area (Å²) in [6.07, 6.45) is 3.34. The lowest BCUT2D eigenvalue weighted by molar-refractivity contribution is 0.417. The van der Waals surface area contributed by atoms with Gasteiger partial charge in [-0.15, -0.1) is 0 Å². The first-order chi connectivity index (χ1) is 6.79. The van der Waals surface area contributed by atoms with Gasteiger partial charge in [0.15, 0.2) is 9.84 Å². The molecule has 0 spiro atoms. The van der Waals surface area contributed by atoms with E-state index in [0.717, 1.165) is 19.4 Å². The first-order valence-corrected chi connectivity index (χ1v) is 7.54. The van der Waals surface area contributed by atoms with Crippen molar-refractivity contribution in [3.63, 3.8) is 0 Å². The van der Waals surface area contributed by atoms with Gasteiger partial charge in [-0.3, -0.25) is 0 Å². The highest BCUT2D eigenvalue weighted by atomic mass is 32.2. The summed E-state index contributed by atoms with van der Waals surface area (Å²) in [6.45, 7) is 6.88. The van der Waals surface area contributed by atoms with Gasteiger partial charge in [-0.05, 0) is 24.8 Å². The molecule has 0 aromatic rings. The van der Waals surface area contributed by atoms with E-state index >= 15 is 0 Å². The fourth-order valence-electron chi connectivity index (χ4n) is 2.09. The molecule has 0 bridgehead atoms. The summed E-state index contributed by atoms with van der Waals surface area (Å²) in [7, 11) is -2.90. The first-order valence-electron chi connectivity index (χ1n) is 5.72. The molecule has 0 amide bonds. The standard InChI is InChI=1S/C11H23NO2S/c1-11(2,3)9-15(13,14)8-10-6-4-5-7-12-10/h10,12H,4-9H2,1-3H3. The second-order valence-corrected chi connectivity index (χ2v) is 7.87. The van der Waals surface area contributed by atoms with E-state index < -0.39 is 9.84 Å². The van der Waals surface area contributed by atoms with Crippen LogP contribution in [0.2, 0.25) is 0 Å². The summed E-state index contributed by atoms with van der Waals surface area (Å²) in [5.41, 5.74) is -0.131. The minimum absolute atomic E-state index is 0.131. The van der Waals surface area contributed by atoms with Crippen molar-refractivity contribution in [2.75, 3.05) is 18.1 Å². The average molecular weight is 233 g/mol. The van der Waals surface area contributed by atoms with E-state index in [1.54, 1.807) is 0 Å². The second kappa shape index (κ2) is 4.83. The molecule has 1 rings (SSSR count). The molecular formula is C11H23NO2S. The summed E-state index contributed by atoms with van der Waals surface area (Å²) >= 11 is 0. The van der Waals surface area contributed by atoms with Crippen LogP contribution >= 0.6 is 0 Å². The lowest BCUT2D eigenvalue weighted by atomic mass is 10.0. The molecule has 4 heteroatoms. The maximum absolute atomic E-state index is 11.9. The molecule has 1 N–H and O–H groups in total. The summed E-state index contributed by atoms with van der Waals surface area (Å²) < 4.78 is 23.7. The molecule has 1 saturated heterocycles. The van der Waals surface area contributed by atoms with Gasteiger partial charge in [-0.2, -0.15) is 0 Å². The molecule has 1 aliphatic rings. The summed E-state index contributed by atoms with van der Waals surface area (Å²) in [5.74, 6) is 0.600. The predicted molar refractivity (Wildman–Crippen MR) is 63.8 cm³/mol. The van der Waals surface area contributed by atoms with Crippen LogP contribution in [0.4, 0.5) is 0 Å². The molecule has 1 fully saturated rings. The quantitative estimate of drug-likeness (QED) is 0.805. The van der Waals surface area contributed by atoms with Gasteiger partial charge in [0, 0.05) is 6.04 Å². The fourth-order valence-corrected chi connectivity index (χ4v) is 4.43. The van der Waals surface area contributed by atoms with E-state index in [4.69, 9.17) is 0 Å². The first kappa shape index (κ1) is 13.0. The summed E-state index contributed by atoms with van der Waals surface area (Å²) in [4.78, 5) is 0. The van der Waals surface area contributed by atoms with Gasteiger partial charge in [0.25, 0.3) is 0 Å². The minimum Gasteiger partial charge on any atom is -0.313 e. The van der Waals surface area contributed by atoms with Crippen molar-refractivity contribution < 1.29 is 8.42 Å². The lowest BCUT2D eigenvalue weighted by Crippen LogP contribution is -2.40. The second-order valence-electron chi connectivity index (χ2n) is 5.76. The third-order valence-corrected chi connectivity index (χ3v) is 4.74. The molecule has 1 unspecified atom stereocenters. The monoisotopic (exact) mass is 233 g/mol. The highest BCUT2D eigenvalue weighted by Gasteiger charge is 2.25. The van der Waals surface area contributed by atoms with Crippen molar-refractivity contribution in [2.24, 2.45) is 5.41 Å². The highest BCUT2D eigenvalue weighted by Crippen LogP contribution is 2.18. The Kier molecular flexibility index (Phi) is 4.18. The van der Waals surface area contributed by atoms with Crippen LogP contribution in [-0.2, 0) is 9.84 Å². The maximum atomic E-state index is 11.9. The third kappa shape index (κ3) is 5.52. The fraction of sp³-hybridized carbons (Fsp3) is 1.00. The molecule has 3 nitrogen and oxygen atoms in total. The molecule has 0 saturated carbocycles. The summed E-state index contributed by atoms with van der Waals surface area (Å²) in [5, 5.41) is 3.28. The zero-order valence-corrected chi connectivity index (χ0v) is 10.9. The normalized spacial score (nSPS) is 24.1. The van der Waals surface area contributed by atoms with Crippen molar-refractivity contribution >= 4 is 9.84 Å². The topological polar surface area (TPSA) is 46.2 Å². The Labute approximate surface area is 93.6 Å². The van der Waals surface area contributed by atoms with Crippen LogP contribution in [0.1, 0.15) is 40.0 Å². The zero-order chi connectivity index (χ0) is 11.5. The van der Waals surface area contributed by atoms with Crippen LogP contribution in [-0.4, -0.2) is 32.5 Å². The Bertz CT molecular complexity index is 284. The molecule has 1 aliphatic heterocycles. The SMILES string of the molecule is CC(C)(C)CS(=O)(=O)CC1CCCCN1. The average Bonchev–Trinajstić information content (AvgIpc) is 1.99. The van der Waals surface area contributed by atoms with Crippen LogP contribution in [0, 0.1) is 5.41 Å². The van der Waals surface area contributed by atoms with E-state index in [0.29, 0.717) is 5.75 Å². The van der Waals surface area contributed by atoms with Crippen molar-refractivity contribution in [2.45, 2.75) is 46.1 Å². The van der Waals surface area contributed by atoms with Crippen LogP contribution in [0.25, 0.3) is 0 Å². The van der Waals surface area contributed by atoms with Crippen molar-refractivity contribution in [3.05, 3.63) is 0 Å². The van der Waals surface area contributed by atoms with Crippen LogP contribution < -0.4 is 5.32 Å². The molecule has 1 atom stereocenters. The Morgan fingerprint density at radius 1 is 1.27 bits per heavy atom. The Balaban J connectivity index is 2.48. The third-order valence-electron chi connectivity index (χ3n) is 2.52. The van der Waals surface area contributed by atoms with Gasteiger partial charge in [0.2, 0.25) is 0 Å². The Morgan fingerprint density at radius 3 is 2.40 bits per heavy atom. The summed E-state index contributed by atoms with van der Waals surface area (Å²) in [6, 6.07) is 0.186. The van der Waals surface area contributed by atoms with Gasteiger partial charge in [0.05, 0.1) is 11.5 Å². The largest absolute Gasteiger partial charge is 0.313 e. The van der Waals surface area contributed by atoms with Gasteiger partial charge >= 0.3 is 0 Å². The van der Waals surface area contributed by atoms with Gasteiger partial charge in [0.1, 0.15) is 0 Å². The number of hydrogen-bond acceptors (Lipinski definition) is 3. The number of hydrogen-bond donors (Lipinski definition) is 1. The van der Waals surface area contributed by atoms with Gasteiger partial charge in [-0.25, -0.2) is 8.42 Å². The lowest BCUT2D eigenvalue weighted by Gasteiger charge is -2.25. The molecule has 0 radical (unpaired) electrons. The van der Waals surface area contributed by atoms with Crippen molar-refractivity contribution in [1.29, 1.82) is 0 Å². The zero-order valence-electron chi connectivity index (χ0n) is 10.0. The predicted octanol–water partition coefficient (Wildman–Crippen LogP) is 1.59. The maximum Gasteiger partial charge on any atom is 0.152 e. The number of sulfone groups is 1. The van der Waals surface area contributed by atoms with Crippen molar-refractivity contribution in [1.82, 2.24) is 5.32 Å². The Morgan fingerprint density at radius 2 is 1.93 bits per heavy atom. The van der Waals surface area contributed by atoms with Crippen LogP contribution in [0.5, 0.6) is 0 Å². The van der Waals surface area contributed by atoms with Gasteiger partial charge in [-0.1, -0.05) is 27.2 Å². The molecule has 0 aromatic heterocycles. The van der Waals surface area contributed by atoms with Crippen molar-refractivity contribution in [3.8, 4) is 0 Å². The molecule has 90 valence electrons. The number of nitrogens with one attached hydrogen (secondary N) is 1. The highest BCUT2D eigenvalue weighted by molar-refractivity contribution is 7.91. The van der Waals surface area contributed by atoms with Gasteiger partial charge < -0.3 is 5.32 Å². The number of rotatable bonds is 3. The molecule has 0 aliphatic carbocycles. The van der Waals surface area contributed by atoms with E-state index in [1.165, 1.54) is 6.42 Å². The van der Waals surface area contributed by atoms with Crippen LogP contribution in [0.15, 0.2) is 0 Å². The minimum atomic E-state index is -2.90. The molecular weight excluding hydrogens is 210 g/mol. The van der Waals surface area contributed by atoms with Crippen LogP contribution in [0.3, 0.4) is 0 Å².